The molecule has 0 heterocycles. The molecule has 0 bridgehead atoms. The maximum absolute atomic E-state index is 13.5. The van der Waals surface area contributed by atoms with Crippen LogP contribution in [0.5, 0.6) is 0 Å². The van der Waals surface area contributed by atoms with E-state index in [1.165, 1.54) is 6.07 Å². The first-order valence-electron chi connectivity index (χ1n) is 6.35. The van der Waals surface area contributed by atoms with Gasteiger partial charge in [0, 0.05) is 23.7 Å². The normalized spacial score (nSPS) is 12.5. The molecule has 1 amide bonds. The van der Waals surface area contributed by atoms with Gasteiger partial charge in [0.25, 0.3) is 0 Å². The molecule has 19 heavy (non-hydrogen) atoms. The van der Waals surface area contributed by atoms with Gasteiger partial charge < -0.3 is 10.6 Å². The van der Waals surface area contributed by atoms with Crippen LogP contribution in [-0.2, 0) is 11.3 Å². The van der Waals surface area contributed by atoms with Crippen molar-refractivity contribution in [3.05, 3.63) is 34.6 Å². The zero-order chi connectivity index (χ0) is 14.4. The van der Waals surface area contributed by atoms with Crippen LogP contribution in [0.4, 0.5) is 4.39 Å². The molecule has 0 saturated heterocycles. The van der Waals surface area contributed by atoms with Crippen molar-refractivity contribution in [2.45, 2.75) is 33.4 Å². The standard InChI is InChI=1S/C14H20ClFN2O/c1-9(2)7-18-14(19)10(3)17-8-11-12(15)5-4-6-13(11)16/h4-6,9-10,17H,7-8H2,1-3H3,(H,18,19). The van der Waals surface area contributed by atoms with Gasteiger partial charge in [-0.1, -0.05) is 31.5 Å². The molecule has 2 N–H and O–H groups in total. The van der Waals surface area contributed by atoms with E-state index in [9.17, 15) is 9.18 Å². The lowest BCUT2D eigenvalue weighted by molar-refractivity contribution is -0.122. The molecule has 0 aliphatic rings. The summed E-state index contributed by atoms with van der Waals surface area (Å²) in [7, 11) is 0. The smallest absolute Gasteiger partial charge is 0.236 e. The average Bonchev–Trinajstić information content (AvgIpc) is 2.35. The number of amides is 1. The molecule has 106 valence electrons. The fourth-order valence-electron chi connectivity index (χ4n) is 1.51. The van der Waals surface area contributed by atoms with Crippen molar-refractivity contribution in [3.8, 4) is 0 Å². The number of halogens is 2. The van der Waals surface area contributed by atoms with Crippen LogP contribution in [0.15, 0.2) is 18.2 Å². The third-order valence-corrected chi connectivity index (χ3v) is 3.08. The first-order valence-corrected chi connectivity index (χ1v) is 6.73. The summed E-state index contributed by atoms with van der Waals surface area (Å²) in [5.41, 5.74) is 0.382. The Morgan fingerprint density at radius 2 is 2.05 bits per heavy atom. The summed E-state index contributed by atoms with van der Waals surface area (Å²) < 4.78 is 13.5. The molecule has 0 radical (unpaired) electrons. The predicted octanol–water partition coefficient (Wildman–Crippen LogP) is 2.73. The van der Waals surface area contributed by atoms with E-state index in [1.807, 2.05) is 13.8 Å². The van der Waals surface area contributed by atoms with E-state index in [0.29, 0.717) is 23.0 Å². The average molecular weight is 287 g/mol. The summed E-state index contributed by atoms with van der Waals surface area (Å²) in [4.78, 5) is 11.7. The highest BCUT2D eigenvalue weighted by molar-refractivity contribution is 6.31. The van der Waals surface area contributed by atoms with E-state index in [4.69, 9.17) is 11.6 Å². The van der Waals surface area contributed by atoms with E-state index in [2.05, 4.69) is 10.6 Å². The molecule has 0 spiro atoms. The molecule has 1 aromatic carbocycles. The Labute approximate surface area is 118 Å². The summed E-state index contributed by atoms with van der Waals surface area (Å²) >= 11 is 5.91. The van der Waals surface area contributed by atoms with Gasteiger partial charge in [-0.2, -0.15) is 0 Å². The number of hydrogen-bond donors (Lipinski definition) is 2. The van der Waals surface area contributed by atoms with Gasteiger partial charge in [0.1, 0.15) is 5.82 Å². The largest absolute Gasteiger partial charge is 0.354 e. The number of carbonyl (C=O) groups is 1. The lowest BCUT2D eigenvalue weighted by atomic mass is 10.2. The maximum Gasteiger partial charge on any atom is 0.236 e. The predicted molar refractivity (Wildman–Crippen MR) is 75.6 cm³/mol. The minimum atomic E-state index is -0.394. The van der Waals surface area contributed by atoms with Crippen LogP contribution < -0.4 is 10.6 Å². The van der Waals surface area contributed by atoms with Crippen LogP contribution in [0.25, 0.3) is 0 Å². The van der Waals surface area contributed by atoms with E-state index in [1.54, 1.807) is 19.1 Å². The quantitative estimate of drug-likeness (QED) is 0.844. The molecule has 1 atom stereocenters. The van der Waals surface area contributed by atoms with Crippen molar-refractivity contribution in [1.29, 1.82) is 0 Å². The first-order chi connectivity index (χ1) is 8.91. The van der Waals surface area contributed by atoms with Crippen molar-refractivity contribution >= 4 is 17.5 Å². The zero-order valence-corrected chi connectivity index (χ0v) is 12.2. The SMILES string of the molecule is CC(C)CNC(=O)C(C)NCc1c(F)cccc1Cl. The maximum atomic E-state index is 13.5. The highest BCUT2D eigenvalue weighted by Gasteiger charge is 2.14. The molecule has 0 aliphatic carbocycles. The molecule has 1 unspecified atom stereocenters. The Kier molecular flexibility index (Phi) is 6.25. The molecule has 0 fully saturated rings. The van der Waals surface area contributed by atoms with Crippen LogP contribution in [0.1, 0.15) is 26.3 Å². The molecule has 1 rings (SSSR count). The van der Waals surface area contributed by atoms with Crippen LogP contribution >= 0.6 is 11.6 Å². The molecule has 0 aliphatic heterocycles. The third-order valence-electron chi connectivity index (χ3n) is 2.72. The minimum absolute atomic E-state index is 0.0961. The Bertz CT molecular complexity index is 417. The Hall–Kier alpha value is -1.13. The van der Waals surface area contributed by atoms with Crippen molar-refractivity contribution < 1.29 is 9.18 Å². The number of benzene rings is 1. The second-order valence-corrected chi connectivity index (χ2v) is 5.35. The van der Waals surface area contributed by atoms with Crippen LogP contribution in [0.3, 0.4) is 0 Å². The number of hydrogen-bond acceptors (Lipinski definition) is 2. The fourth-order valence-corrected chi connectivity index (χ4v) is 1.74. The lowest BCUT2D eigenvalue weighted by Gasteiger charge is -2.16. The van der Waals surface area contributed by atoms with E-state index >= 15 is 0 Å². The molecular weight excluding hydrogens is 267 g/mol. The summed E-state index contributed by atoms with van der Waals surface area (Å²) in [5, 5.41) is 6.15. The Morgan fingerprint density at radius 3 is 2.63 bits per heavy atom. The Balaban J connectivity index is 2.50. The lowest BCUT2D eigenvalue weighted by Crippen LogP contribution is -2.43. The highest BCUT2D eigenvalue weighted by atomic mass is 35.5. The summed E-state index contributed by atoms with van der Waals surface area (Å²) in [6.07, 6.45) is 0. The highest BCUT2D eigenvalue weighted by Crippen LogP contribution is 2.18. The number of rotatable bonds is 6. The van der Waals surface area contributed by atoms with Gasteiger partial charge in [-0.05, 0) is 25.0 Å². The van der Waals surface area contributed by atoms with Gasteiger partial charge in [-0.15, -0.1) is 0 Å². The number of nitrogens with one attached hydrogen (secondary N) is 2. The molecule has 3 nitrogen and oxygen atoms in total. The second kappa shape index (κ2) is 7.46. The summed E-state index contributed by atoms with van der Waals surface area (Å²) in [6.45, 7) is 6.65. The van der Waals surface area contributed by atoms with Gasteiger partial charge in [0.15, 0.2) is 0 Å². The van der Waals surface area contributed by atoms with Gasteiger partial charge >= 0.3 is 0 Å². The topological polar surface area (TPSA) is 41.1 Å². The van der Waals surface area contributed by atoms with Crippen LogP contribution in [0, 0.1) is 11.7 Å². The van der Waals surface area contributed by atoms with Crippen molar-refractivity contribution in [1.82, 2.24) is 10.6 Å². The zero-order valence-electron chi connectivity index (χ0n) is 11.5. The van der Waals surface area contributed by atoms with E-state index in [0.717, 1.165) is 0 Å². The fraction of sp³-hybridized carbons (Fsp3) is 0.500. The van der Waals surface area contributed by atoms with Crippen molar-refractivity contribution in [2.24, 2.45) is 5.92 Å². The molecule has 0 saturated carbocycles. The molecular formula is C14H20ClFN2O. The Morgan fingerprint density at radius 1 is 1.37 bits per heavy atom. The summed E-state index contributed by atoms with van der Waals surface area (Å²) in [5.74, 6) is -0.0619. The van der Waals surface area contributed by atoms with E-state index in [-0.39, 0.29) is 18.3 Å². The molecule has 0 aromatic heterocycles. The molecule has 5 heteroatoms. The van der Waals surface area contributed by atoms with Gasteiger partial charge in [0.2, 0.25) is 5.91 Å². The molecule has 1 aromatic rings. The van der Waals surface area contributed by atoms with Gasteiger partial charge in [-0.3, -0.25) is 4.79 Å². The van der Waals surface area contributed by atoms with Crippen molar-refractivity contribution in [2.75, 3.05) is 6.54 Å². The van der Waals surface area contributed by atoms with Gasteiger partial charge in [-0.25, -0.2) is 4.39 Å². The van der Waals surface area contributed by atoms with Crippen LogP contribution in [-0.4, -0.2) is 18.5 Å². The minimum Gasteiger partial charge on any atom is -0.354 e. The number of carbonyl (C=O) groups excluding carboxylic acids is 1. The van der Waals surface area contributed by atoms with E-state index < -0.39 is 6.04 Å². The summed E-state index contributed by atoms with van der Waals surface area (Å²) in [6, 6.07) is 4.15. The monoisotopic (exact) mass is 286 g/mol. The van der Waals surface area contributed by atoms with Crippen molar-refractivity contribution in [3.63, 3.8) is 0 Å². The van der Waals surface area contributed by atoms with Crippen LogP contribution in [0.2, 0.25) is 5.02 Å². The first kappa shape index (κ1) is 15.9. The second-order valence-electron chi connectivity index (χ2n) is 4.94. The third kappa shape index (κ3) is 5.17. The van der Waals surface area contributed by atoms with Gasteiger partial charge in [0.05, 0.1) is 6.04 Å².